The van der Waals surface area contributed by atoms with Crippen molar-refractivity contribution in [3.05, 3.63) is 16.8 Å². The van der Waals surface area contributed by atoms with Crippen LogP contribution in [0.25, 0.3) is 10.2 Å². The molecule has 1 aliphatic carbocycles. The van der Waals surface area contributed by atoms with Crippen LogP contribution in [0.2, 0.25) is 0 Å². The van der Waals surface area contributed by atoms with Crippen LogP contribution in [0.1, 0.15) is 30.2 Å². The number of thiophene rings is 1. The Kier molecular flexibility index (Phi) is 3.98. The molecule has 1 aliphatic rings. The summed E-state index contributed by atoms with van der Waals surface area (Å²) in [4.78, 5) is 11.5. The predicted octanol–water partition coefficient (Wildman–Crippen LogP) is 4.00. The summed E-state index contributed by atoms with van der Waals surface area (Å²) >= 11 is 5.01. The van der Waals surface area contributed by atoms with Crippen molar-refractivity contribution >= 4 is 49.8 Å². The Labute approximate surface area is 140 Å². The molecule has 0 spiro atoms. The Morgan fingerprint density at radius 1 is 1.23 bits per heavy atom. The van der Waals surface area contributed by atoms with Crippen LogP contribution >= 0.6 is 34.4 Å². The number of fused-ring (bicyclic) bond motifs is 3. The Balaban J connectivity index is 1.65. The topological polar surface area (TPSA) is 63.6 Å². The van der Waals surface area contributed by atoms with E-state index < -0.39 is 0 Å². The zero-order valence-electron chi connectivity index (χ0n) is 12.1. The van der Waals surface area contributed by atoms with E-state index in [1.807, 2.05) is 11.3 Å². The third kappa shape index (κ3) is 2.59. The third-order valence-corrected chi connectivity index (χ3v) is 6.72. The molecule has 8 heteroatoms. The summed E-state index contributed by atoms with van der Waals surface area (Å²) < 4.78 is 0.927. The highest BCUT2D eigenvalue weighted by molar-refractivity contribution is 8.01. The van der Waals surface area contributed by atoms with Crippen molar-refractivity contribution in [1.29, 1.82) is 0 Å². The fourth-order valence-electron chi connectivity index (χ4n) is 2.61. The van der Waals surface area contributed by atoms with Crippen LogP contribution in [-0.2, 0) is 12.8 Å². The standard InChI is InChI=1S/C14H15N5S3/c1-2-6-15-13-18-19-14(22-13)21-12-10-8-4-3-5-9(8)20-11(10)16-7-17-12/h7H,2-6H2,1H3,(H,15,18). The summed E-state index contributed by atoms with van der Waals surface area (Å²) in [6.07, 6.45) is 6.32. The Morgan fingerprint density at radius 2 is 2.18 bits per heavy atom. The van der Waals surface area contributed by atoms with Gasteiger partial charge in [0.2, 0.25) is 5.13 Å². The summed E-state index contributed by atoms with van der Waals surface area (Å²) in [5, 5.41) is 14.9. The van der Waals surface area contributed by atoms with Crippen LogP contribution < -0.4 is 5.32 Å². The quantitative estimate of drug-likeness (QED) is 0.702. The van der Waals surface area contributed by atoms with Crippen LogP contribution in [0.15, 0.2) is 15.7 Å². The van der Waals surface area contributed by atoms with Gasteiger partial charge in [-0.1, -0.05) is 18.3 Å². The molecule has 4 rings (SSSR count). The maximum Gasteiger partial charge on any atom is 0.206 e. The first-order chi connectivity index (χ1) is 10.8. The number of rotatable bonds is 5. The normalized spacial score (nSPS) is 13.7. The Bertz CT molecular complexity index is 810. The maximum absolute atomic E-state index is 4.50. The van der Waals surface area contributed by atoms with Crippen molar-refractivity contribution < 1.29 is 0 Å². The molecule has 3 aromatic rings. The fraction of sp³-hybridized carbons (Fsp3) is 0.429. The Morgan fingerprint density at radius 3 is 3.09 bits per heavy atom. The van der Waals surface area contributed by atoms with Crippen molar-refractivity contribution in [2.75, 3.05) is 11.9 Å². The first-order valence-corrected chi connectivity index (χ1v) is 9.80. The number of nitrogens with one attached hydrogen (secondary N) is 1. The van der Waals surface area contributed by atoms with Gasteiger partial charge in [-0.25, -0.2) is 9.97 Å². The van der Waals surface area contributed by atoms with E-state index in [0.29, 0.717) is 0 Å². The summed E-state index contributed by atoms with van der Waals surface area (Å²) in [6.45, 7) is 3.06. The van der Waals surface area contributed by atoms with Gasteiger partial charge in [0.05, 0.1) is 0 Å². The van der Waals surface area contributed by atoms with Gasteiger partial charge in [0.25, 0.3) is 0 Å². The van der Waals surface area contributed by atoms with Crippen molar-refractivity contribution in [1.82, 2.24) is 20.2 Å². The molecule has 1 N–H and O–H groups in total. The average Bonchev–Trinajstić information content (AvgIpc) is 3.20. The highest BCUT2D eigenvalue weighted by Crippen LogP contribution is 2.42. The van der Waals surface area contributed by atoms with Crippen LogP contribution in [-0.4, -0.2) is 26.7 Å². The lowest BCUT2D eigenvalue weighted by Crippen LogP contribution is -1.98. The van der Waals surface area contributed by atoms with Gasteiger partial charge in [-0.05, 0) is 43.0 Å². The molecule has 0 saturated carbocycles. The summed E-state index contributed by atoms with van der Waals surface area (Å²) in [7, 11) is 0. The van der Waals surface area contributed by atoms with E-state index >= 15 is 0 Å². The van der Waals surface area contributed by atoms with E-state index in [2.05, 4.69) is 32.4 Å². The van der Waals surface area contributed by atoms with E-state index in [4.69, 9.17) is 0 Å². The van der Waals surface area contributed by atoms with E-state index in [1.165, 1.54) is 28.7 Å². The molecule has 0 amide bonds. The van der Waals surface area contributed by atoms with Crippen molar-refractivity contribution in [2.45, 2.75) is 42.0 Å². The highest BCUT2D eigenvalue weighted by atomic mass is 32.2. The SMILES string of the molecule is CCCNc1nnc(Sc2ncnc3sc4c(c23)CCC4)s1. The lowest BCUT2D eigenvalue weighted by atomic mass is 10.2. The zero-order valence-corrected chi connectivity index (χ0v) is 14.6. The van der Waals surface area contributed by atoms with Crippen LogP contribution in [0.3, 0.4) is 0 Å². The second-order valence-corrected chi connectivity index (χ2v) is 8.42. The molecular weight excluding hydrogens is 334 g/mol. The van der Waals surface area contributed by atoms with Crippen molar-refractivity contribution in [3.8, 4) is 0 Å². The summed E-state index contributed by atoms with van der Waals surface area (Å²) in [5.74, 6) is 0. The second kappa shape index (κ2) is 6.10. The monoisotopic (exact) mass is 349 g/mol. The minimum absolute atomic E-state index is 0.880. The number of nitrogens with zero attached hydrogens (tertiary/aromatic N) is 4. The minimum atomic E-state index is 0.880. The van der Waals surface area contributed by atoms with Crippen molar-refractivity contribution in [3.63, 3.8) is 0 Å². The van der Waals surface area contributed by atoms with Crippen LogP contribution in [0.5, 0.6) is 0 Å². The van der Waals surface area contributed by atoms with Gasteiger partial charge in [0, 0.05) is 16.8 Å². The van der Waals surface area contributed by atoms with E-state index in [0.717, 1.165) is 38.7 Å². The predicted molar refractivity (Wildman–Crippen MR) is 92.3 cm³/mol. The van der Waals surface area contributed by atoms with Gasteiger partial charge in [0.15, 0.2) is 4.34 Å². The first-order valence-electron chi connectivity index (χ1n) is 7.35. The smallest absolute Gasteiger partial charge is 0.206 e. The molecule has 0 atom stereocenters. The number of aryl methyl sites for hydroxylation is 2. The molecular formula is C14H15N5S3. The molecule has 0 aromatic carbocycles. The summed E-state index contributed by atoms with van der Waals surface area (Å²) in [6, 6.07) is 0. The molecule has 3 aromatic heterocycles. The summed E-state index contributed by atoms with van der Waals surface area (Å²) in [5.41, 5.74) is 1.46. The van der Waals surface area contributed by atoms with E-state index in [-0.39, 0.29) is 0 Å². The largest absolute Gasteiger partial charge is 0.360 e. The molecule has 0 radical (unpaired) electrons. The molecule has 0 saturated heterocycles. The van der Waals surface area contributed by atoms with Crippen LogP contribution in [0.4, 0.5) is 5.13 Å². The lowest BCUT2D eigenvalue weighted by molar-refractivity contribution is 0.915. The molecule has 5 nitrogen and oxygen atoms in total. The lowest BCUT2D eigenvalue weighted by Gasteiger charge is -2.00. The second-order valence-electron chi connectivity index (χ2n) is 5.12. The van der Waals surface area contributed by atoms with Gasteiger partial charge >= 0.3 is 0 Å². The zero-order chi connectivity index (χ0) is 14.9. The average molecular weight is 350 g/mol. The number of anilines is 1. The molecule has 0 unspecified atom stereocenters. The maximum atomic E-state index is 4.50. The number of hydrogen-bond acceptors (Lipinski definition) is 8. The van der Waals surface area contributed by atoms with Gasteiger partial charge in [-0.3, -0.25) is 0 Å². The molecule has 0 aliphatic heterocycles. The van der Waals surface area contributed by atoms with Crippen LogP contribution in [0, 0.1) is 0 Å². The Hall–Kier alpha value is -1.25. The first kappa shape index (κ1) is 14.3. The highest BCUT2D eigenvalue weighted by Gasteiger charge is 2.22. The van der Waals surface area contributed by atoms with Crippen molar-refractivity contribution in [2.24, 2.45) is 0 Å². The molecule has 0 bridgehead atoms. The molecule has 0 fully saturated rings. The van der Waals surface area contributed by atoms with Gasteiger partial charge in [-0.2, -0.15) is 0 Å². The molecule has 114 valence electrons. The van der Waals surface area contributed by atoms with Gasteiger partial charge in [0.1, 0.15) is 16.2 Å². The minimum Gasteiger partial charge on any atom is -0.360 e. The number of aromatic nitrogens is 4. The molecule has 22 heavy (non-hydrogen) atoms. The van der Waals surface area contributed by atoms with E-state index in [1.54, 1.807) is 29.4 Å². The van der Waals surface area contributed by atoms with E-state index in [9.17, 15) is 0 Å². The third-order valence-electron chi connectivity index (χ3n) is 3.58. The number of hydrogen-bond donors (Lipinski definition) is 1. The van der Waals surface area contributed by atoms with Gasteiger partial charge in [-0.15, -0.1) is 21.5 Å². The van der Waals surface area contributed by atoms with Gasteiger partial charge < -0.3 is 5.32 Å². The fourth-order valence-corrected chi connectivity index (χ4v) is 5.72. The molecule has 3 heterocycles.